The van der Waals surface area contributed by atoms with E-state index >= 15 is 0 Å². The normalized spacial score (nSPS) is 11.4. The molecule has 0 heterocycles. The second-order valence-corrected chi connectivity index (χ2v) is 4.43. The first-order chi connectivity index (χ1) is 7.74. The summed E-state index contributed by atoms with van der Waals surface area (Å²) in [7, 11) is 0. The van der Waals surface area contributed by atoms with E-state index < -0.39 is 0 Å². The van der Waals surface area contributed by atoms with Crippen molar-refractivity contribution in [3.8, 4) is 0 Å². The minimum absolute atomic E-state index is 0.0729. The molecule has 0 aliphatic heterocycles. The van der Waals surface area contributed by atoms with E-state index in [0.717, 1.165) is 51.4 Å². The van der Waals surface area contributed by atoms with Crippen LogP contribution in [0.3, 0.4) is 0 Å². The summed E-state index contributed by atoms with van der Waals surface area (Å²) in [6.07, 6.45) is 7.96. The van der Waals surface area contributed by atoms with Crippen molar-refractivity contribution in [2.75, 3.05) is 13.1 Å². The molecule has 0 aliphatic carbocycles. The molecule has 0 aromatic rings. The Hall–Kier alpha value is -0.610. The SMILES string of the molecule is CCCCC(CCCN)(CCCN)NC=O. The van der Waals surface area contributed by atoms with Gasteiger partial charge in [-0.05, 0) is 45.2 Å². The molecule has 0 saturated heterocycles. The third-order valence-electron chi connectivity index (χ3n) is 3.09. The van der Waals surface area contributed by atoms with Gasteiger partial charge >= 0.3 is 0 Å². The van der Waals surface area contributed by atoms with Crippen LogP contribution in [-0.4, -0.2) is 25.0 Å². The molecule has 0 saturated carbocycles. The highest BCUT2D eigenvalue weighted by atomic mass is 16.1. The van der Waals surface area contributed by atoms with E-state index in [0.29, 0.717) is 13.1 Å². The van der Waals surface area contributed by atoms with E-state index in [2.05, 4.69) is 12.2 Å². The monoisotopic (exact) mass is 229 g/mol. The molecule has 0 aromatic carbocycles. The number of amides is 1. The molecule has 4 nitrogen and oxygen atoms in total. The van der Waals surface area contributed by atoms with Gasteiger partial charge in [0.25, 0.3) is 0 Å². The molecule has 0 atom stereocenters. The molecular formula is C12H27N3O. The Labute approximate surface area is 99.1 Å². The van der Waals surface area contributed by atoms with Gasteiger partial charge in [-0.3, -0.25) is 4.79 Å². The highest BCUT2D eigenvalue weighted by molar-refractivity contribution is 5.48. The average molecular weight is 229 g/mol. The van der Waals surface area contributed by atoms with Crippen molar-refractivity contribution in [3.63, 3.8) is 0 Å². The van der Waals surface area contributed by atoms with E-state index in [1.807, 2.05) is 0 Å². The van der Waals surface area contributed by atoms with Crippen LogP contribution < -0.4 is 16.8 Å². The molecule has 0 spiro atoms. The van der Waals surface area contributed by atoms with Gasteiger partial charge in [-0.1, -0.05) is 19.8 Å². The predicted molar refractivity (Wildman–Crippen MR) is 68.0 cm³/mol. The zero-order chi connectivity index (χ0) is 12.3. The second kappa shape index (κ2) is 9.60. The fourth-order valence-electron chi connectivity index (χ4n) is 2.11. The molecular weight excluding hydrogens is 202 g/mol. The molecule has 0 aromatic heterocycles. The first kappa shape index (κ1) is 15.4. The predicted octanol–water partition coefficient (Wildman–Crippen LogP) is 1.14. The van der Waals surface area contributed by atoms with Crippen LogP contribution in [0.15, 0.2) is 0 Å². The van der Waals surface area contributed by atoms with E-state index in [1.165, 1.54) is 0 Å². The Balaban J connectivity index is 4.37. The lowest BCUT2D eigenvalue weighted by atomic mass is 9.83. The summed E-state index contributed by atoms with van der Waals surface area (Å²) in [5, 5.41) is 3.01. The van der Waals surface area contributed by atoms with Gasteiger partial charge in [0.15, 0.2) is 0 Å². The molecule has 96 valence electrons. The van der Waals surface area contributed by atoms with E-state index in [1.54, 1.807) is 0 Å². The van der Waals surface area contributed by atoms with Gasteiger partial charge in [-0.2, -0.15) is 0 Å². The lowest BCUT2D eigenvalue weighted by Crippen LogP contribution is -2.45. The molecule has 16 heavy (non-hydrogen) atoms. The fraction of sp³-hybridized carbons (Fsp3) is 0.917. The van der Waals surface area contributed by atoms with Crippen molar-refractivity contribution < 1.29 is 4.79 Å². The van der Waals surface area contributed by atoms with Crippen LogP contribution in [0.4, 0.5) is 0 Å². The van der Waals surface area contributed by atoms with E-state index in [-0.39, 0.29) is 5.54 Å². The van der Waals surface area contributed by atoms with Crippen molar-refractivity contribution in [3.05, 3.63) is 0 Å². The Morgan fingerprint density at radius 1 is 1.06 bits per heavy atom. The van der Waals surface area contributed by atoms with Crippen molar-refractivity contribution in [2.45, 2.75) is 57.4 Å². The van der Waals surface area contributed by atoms with Gasteiger partial charge in [-0.15, -0.1) is 0 Å². The molecule has 0 rings (SSSR count). The maximum atomic E-state index is 10.7. The fourth-order valence-corrected chi connectivity index (χ4v) is 2.11. The van der Waals surface area contributed by atoms with Crippen molar-refractivity contribution in [1.29, 1.82) is 0 Å². The highest BCUT2D eigenvalue weighted by Crippen LogP contribution is 2.25. The van der Waals surface area contributed by atoms with Crippen molar-refractivity contribution >= 4 is 6.41 Å². The second-order valence-electron chi connectivity index (χ2n) is 4.43. The summed E-state index contributed by atoms with van der Waals surface area (Å²) in [6, 6.07) is 0. The molecule has 1 amide bonds. The Morgan fingerprint density at radius 3 is 1.94 bits per heavy atom. The lowest BCUT2D eigenvalue weighted by Gasteiger charge is -2.33. The molecule has 0 fully saturated rings. The van der Waals surface area contributed by atoms with Gasteiger partial charge < -0.3 is 16.8 Å². The van der Waals surface area contributed by atoms with Crippen LogP contribution in [0.25, 0.3) is 0 Å². The average Bonchev–Trinajstić information content (AvgIpc) is 2.31. The third-order valence-corrected chi connectivity index (χ3v) is 3.09. The summed E-state index contributed by atoms with van der Waals surface area (Å²) >= 11 is 0. The van der Waals surface area contributed by atoms with E-state index in [4.69, 9.17) is 11.5 Å². The Bertz CT molecular complexity index is 152. The minimum Gasteiger partial charge on any atom is -0.353 e. The molecule has 5 N–H and O–H groups in total. The first-order valence-corrected chi connectivity index (χ1v) is 6.36. The zero-order valence-electron chi connectivity index (χ0n) is 10.5. The van der Waals surface area contributed by atoms with Crippen LogP contribution >= 0.6 is 0 Å². The van der Waals surface area contributed by atoms with Crippen LogP contribution in [0, 0.1) is 0 Å². The molecule has 0 aliphatic rings. The smallest absolute Gasteiger partial charge is 0.207 e. The largest absolute Gasteiger partial charge is 0.353 e. The molecule has 0 bridgehead atoms. The number of nitrogens with two attached hydrogens (primary N) is 2. The highest BCUT2D eigenvalue weighted by Gasteiger charge is 2.27. The molecule has 4 heteroatoms. The third kappa shape index (κ3) is 6.08. The number of carbonyl (C=O) groups excluding carboxylic acids is 1. The summed E-state index contributed by atoms with van der Waals surface area (Å²) < 4.78 is 0. The number of nitrogens with one attached hydrogen (secondary N) is 1. The van der Waals surface area contributed by atoms with Crippen LogP contribution in [-0.2, 0) is 4.79 Å². The summed E-state index contributed by atoms with van der Waals surface area (Å²) in [5.74, 6) is 0. The number of rotatable bonds is 11. The van der Waals surface area contributed by atoms with Crippen LogP contribution in [0.1, 0.15) is 51.9 Å². The van der Waals surface area contributed by atoms with Crippen molar-refractivity contribution in [1.82, 2.24) is 5.32 Å². The lowest BCUT2D eigenvalue weighted by molar-refractivity contribution is -0.111. The van der Waals surface area contributed by atoms with Crippen LogP contribution in [0.2, 0.25) is 0 Å². The quantitative estimate of drug-likeness (QED) is 0.465. The van der Waals surface area contributed by atoms with Crippen LogP contribution in [0.5, 0.6) is 0 Å². The minimum atomic E-state index is -0.0729. The Kier molecular flexibility index (Phi) is 9.24. The summed E-state index contributed by atoms with van der Waals surface area (Å²) in [5.41, 5.74) is 11.0. The van der Waals surface area contributed by atoms with Gasteiger partial charge in [0, 0.05) is 5.54 Å². The van der Waals surface area contributed by atoms with Gasteiger partial charge in [-0.25, -0.2) is 0 Å². The summed E-state index contributed by atoms with van der Waals surface area (Å²) in [4.78, 5) is 10.7. The topological polar surface area (TPSA) is 81.1 Å². The van der Waals surface area contributed by atoms with E-state index in [9.17, 15) is 4.79 Å². The number of hydrogen-bond acceptors (Lipinski definition) is 3. The Morgan fingerprint density at radius 2 is 1.56 bits per heavy atom. The number of carbonyl (C=O) groups is 1. The number of unbranched alkanes of at least 4 members (excludes halogenated alkanes) is 1. The van der Waals surface area contributed by atoms with Gasteiger partial charge in [0.05, 0.1) is 0 Å². The molecule has 0 unspecified atom stereocenters. The zero-order valence-corrected chi connectivity index (χ0v) is 10.5. The maximum Gasteiger partial charge on any atom is 0.207 e. The number of hydrogen-bond donors (Lipinski definition) is 3. The summed E-state index contributed by atoms with van der Waals surface area (Å²) in [6.45, 7) is 3.52. The van der Waals surface area contributed by atoms with Gasteiger partial charge in [0.2, 0.25) is 6.41 Å². The van der Waals surface area contributed by atoms with Gasteiger partial charge in [0.1, 0.15) is 0 Å². The molecule has 0 radical (unpaired) electrons. The maximum absolute atomic E-state index is 10.7. The standard InChI is InChI=1S/C12H27N3O/c1-2-3-6-12(15-11-16,7-4-9-13)8-5-10-14/h11H,2-10,13-14H2,1H3,(H,15,16). The first-order valence-electron chi connectivity index (χ1n) is 6.36. The van der Waals surface area contributed by atoms with Crippen molar-refractivity contribution in [2.24, 2.45) is 11.5 Å².